The van der Waals surface area contributed by atoms with Crippen molar-refractivity contribution in [2.75, 3.05) is 19.7 Å². The Bertz CT molecular complexity index is 622. The Labute approximate surface area is 170 Å². The number of carbonyl (C=O) groups is 4. The Balaban J connectivity index is 2.03. The second-order valence-electron chi connectivity index (χ2n) is 7.79. The van der Waals surface area contributed by atoms with E-state index in [4.69, 9.17) is 0 Å². The maximum Gasteiger partial charge on any atom is 0.326 e. The topological polar surface area (TPSA) is 148 Å². The average Bonchev–Trinajstić information content (AvgIpc) is 3.40. The van der Waals surface area contributed by atoms with E-state index in [1.807, 2.05) is 6.92 Å². The first kappa shape index (κ1) is 23.1. The number of aliphatic carboxylic acids is 1. The summed E-state index contributed by atoms with van der Waals surface area (Å²) < 4.78 is 0. The van der Waals surface area contributed by atoms with E-state index in [-0.39, 0.29) is 17.9 Å². The van der Waals surface area contributed by atoms with E-state index in [0.717, 1.165) is 13.0 Å². The molecular weight excluding hydrogens is 380 g/mol. The van der Waals surface area contributed by atoms with Crippen molar-refractivity contribution in [3.63, 3.8) is 0 Å². The largest absolute Gasteiger partial charge is 0.480 e. The molecule has 2 fully saturated rings. The van der Waals surface area contributed by atoms with Crippen LogP contribution in [0.1, 0.15) is 46.0 Å². The van der Waals surface area contributed by atoms with Gasteiger partial charge in [0.2, 0.25) is 17.7 Å². The van der Waals surface area contributed by atoms with Gasteiger partial charge in [-0.3, -0.25) is 14.4 Å². The van der Waals surface area contributed by atoms with Crippen molar-refractivity contribution < 1.29 is 29.4 Å². The number of aliphatic hydroxyl groups is 1. The van der Waals surface area contributed by atoms with Gasteiger partial charge in [-0.2, -0.15) is 0 Å². The summed E-state index contributed by atoms with van der Waals surface area (Å²) in [6, 6.07) is -3.37. The maximum absolute atomic E-state index is 12.9. The number of aliphatic hydroxyl groups excluding tert-OH is 1. The van der Waals surface area contributed by atoms with Crippen molar-refractivity contribution in [1.29, 1.82) is 0 Å². The number of nitrogens with one attached hydrogen (secondary N) is 3. The quantitative estimate of drug-likeness (QED) is 0.320. The lowest BCUT2D eigenvalue weighted by molar-refractivity contribution is -0.146. The van der Waals surface area contributed by atoms with E-state index < -0.39 is 42.5 Å². The average molecular weight is 412 g/mol. The van der Waals surface area contributed by atoms with Crippen LogP contribution < -0.4 is 16.0 Å². The number of rotatable bonds is 9. The lowest BCUT2D eigenvalue weighted by Gasteiger charge is -2.30. The van der Waals surface area contributed by atoms with E-state index in [1.165, 1.54) is 4.90 Å². The molecule has 2 saturated heterocycles. The first-order chi connectivity index (χ1) is 13.8. The fraction of sp³-hybridized carbons (Fsp3) is 0.789. The van der Waals surface area contributed by atoms with Gasteiger partial charge in [-0.1, -0.05) is 20.3 Å². The molecule has 29 heavy (non-hydrogen) atoms. The zero-order chi connectivity index (χ0) is 21.6. The molecule has 0 aromatic carbocycles. The third-order valence-electron chi connectivity index (χ3n) is 5.79. The molecule has 2 aliphatic rings. The smallest absolute Gasteiger partial charge is 0.326 e. The molecule has 0 spiro atoms. The molecule has 2 rings (SSSR count). The van der Waals surface area contributed by atoms with Gasteiger partial charge < -0.3 is 31.1 Å². The van der Waals surface area contributed by atoms with Gasteiger partial charge >= 0.3 is 5.97 Å². The number of likely N-dealkylation sites (tertiary alicyclic amines) is 1. The highest BCUT2D eigenvalue weighted by atomic mass is 16.4. The summed E-state index contributed by atoms with van der Waals surface area (Å²) in [7, 11) is 0. The zero-order valence-corrected chi connectivity index (χ0v) is 17.0. The Morgan fingerprint density at radius 1 is 1.14 bits per heavy atom. The highest BCUT2D eigenvalue weighted by Gasteiger charge is 2.39. The van der Waals surface area contributed by atoms with E-state index in [2.05, 4.69) is 16.0 Å². The minimum absolute atomic E-state index is 0.259. The summed E-state index contributed by atoms with van der Waals surface area (Å²) in [6.45, 7) is 4.04. The van der Waals surface area contributed by atoms with E-state index in [1.54, 1.807) is 6.92 Å². The fourth-order valence-electron chi connectivity index (χ4n) is 3.80. The van der Waals surface area contributed by atoms with Gasteiger partial charge in [-0.25, -0.2) is 4.79 Å². The second kappa shape index (κ2) is 10.5. The van der Waals surface area contributed by atoms with E-state index in [9.17, 15) is 29.4 Å². The van der Waals surface area contributed by atoms with E-state index >= 15 is 0 Å². The van der Waals surface area contributed by atoms with Gasteiger partial charge in [-0.15, -0.1) is 0 Å². The van der Waals surface area contributed by atoms with Crippen LogP contribution in [0.5, 0.6) is 0 Å². The molecule has 0 bridgehead atoms. The Kier molecular flexibility index (Phi) is 8.39. The molecule has 164 valence electrons. The molecule has 0 aromatic rings. The van der Waals surface area contributed by atoms with Crippen LogP contribution in [0.2, 0.25) is 0 Å². The number of hydrogen-bond acceptors (Lipinski definition) is 6. The van der Waals surface area contributed by atoms with Crippen molar-refractivity contribution in [3.8, 4) is 0 Å². The summed E-state index contributed by atoms with van der Waals surface area (Å²) in [5, 5.41) is 27.2. The summed E-state index contributed by atoms with van der Waals surface area (Å²) >= 11 is 0. The van der Waals surface area contributed by atoms with Gasteiger partial charge in [0, 0.05) is 6.54 Å². The zero-order valence-electron chi connectivity index (χ0n) is 17.0. The third-order valence-corrected chi connectivity index (χ3v) is 5.79. The standard InChI is InChI=1S/C19H32N4O6/c1-3-11(2)15(19(28)29)22-17(26)14-7-5-9-23(14)18(27)13(10-24)21-16(25)12-6-4-8-20-12/h11-15,20,24H,3-10H2,1-2H3,(H,21,25)(H,22,26)(H,28,29). The highest BCUT2D eigenvalue weighted by Crippen LogP contribution is 2.20. The minimum atomic E-state index is -1.14. The maximum atomic E-state index is 12.9. The van der Waals surface area contributed by atoms with Gasteiger partial charge in [-0.05, 0) is 38.1 Å². The van der Waals surface area contributed by atoms with Crippen LogP contribution in [0.3, 0.4) is 0 Å². The van der Waals surface area contributed by atoms with Crippen molar-refractivity contribution in [2.45, 2.75) is 70.1 Å². The van der Waals surface area contributed by atoms with Crippen molar-refractivity contribution >= 4 is 23.7 Å². The van der Waals surface area contributed by atoms with Gasteiger partial charge in [0.15, 0.2) is 0 Å². The van der Waals surface area contributed by atoms with Gasteiger partial charge in [0.05, 0.1) is 12.6 Å². The molecule has 0 radical (unpaired) electrons. The number of nitrogens with zero attached hydrogens (tertiary/aromatic N) is 1. The normalized spacial score (nSPS) is 24.6. The van der Waals surface area contributed by atoms with Crippen molar-refractivity contribution in [3.05, 3.63) is 0 Å². The van der Waals surface area contributed by atoms with Crippen molar-refractivity contribution in [2.24, 2.45) is 5.92 Å². The summed E-state index contributed by atoms with van der Waals surface area (Å²) in [5.41, 5.74) is 0. The molecule has 5 unspecified atom stereocenters. The Morgan fingerprint density at radius 3 is 2.41 bits per heavy atom. The van der Waals surface area contributed by atoms with Crippen LogP contribution in [0, 0.1) is 5.92 Å². The van der Waals surface area contributed by atoms with Gasteiger partial charge in [0.25, 0.3) is 0 Å². The van der Waals surface area contributed by atoms with Crippen LogP contribution in [-0.2, 0) is 19.2 Å². The van der Waals surface area contributed by atoms with Gasteiger partial charge in [0.1, 0.15) is 18.1 Å². The fourth-order valence-corrected chi connectivity index (χ4v) is 3.80. The van der Waals surface area contributed by atoms with Crippen LogP contribution in [0.25, 0.3) is 0 Å². The summed E-state index contributed by atoms with van der Waals surface area (Å²) in [6.07, 6.45) is 3.10. The molecule has 0 aliphatic carbocycles. The molecule has 2 heterocycles. The first-order valence-electron chi connectivity index (χ1n) is 10.3. The SMILES string of the molecule is CCC(C)C(NC(=O)C1CCCN1C(=O)C(CO)NC(=O)C1CCCN1)C(=O)O. The summed E-state index contributed by atoms with van der Waals surface area (Å²) in [4.78, 5) is 50.7. The van der Waals surface area contributed by atoms with Crippen LogP contribution >= 0.6 is 0 Å². The Hall–Kier alpha value is -2.20. The molecule has 0 saturated carbocycles. The highest BCUT2D eigenvalue weighted by molar-refractivity contribution is 5.94. The summed E-state index contributed by atoms with van der Waals surface area (Å²) in [5.74, 6) is -2.78. The second-order valence-corrected chi connectivity index (χ2v) is 7.79. The number of carboxylic acid groups (broad SMARTS) is 1. The molecule has 10 heteroatoms. The lowest BCUT2D eigenvalue weighted by Crippen LogP contribution is -2.58. The number of carboxylic acids is 1. The number of amides is 3. The monoisotopic (exact) mass is 412 g/mol. The predicted molar refractivity (Wildman–Crippen MR) is 104 cm³/mol. The van der Waals surface area contributed by atoms with Crippen LogP contribution in [0.4, 0.5) is 0 Å². The van der Waals surface area contributed by atoms with Crippen LogP contribution in [0.15, 0.2) is 0 Å². The molecule has 2 aliphatic heterocycles. The first-order valence-corrected chi connectivity index (χ1v) is 10.3. The van der Waals surface area contributed by atoms with Crippen LogP contribution in [-0.4, -0.2) is 82.7 Å². The number of carbonyl (C=O) groups excluding carboxylic acids is 3. The third kappa shape index (κ3) is 5.66. The molecular formula is C19H32N4O6. The minimum Gasteiger partial charge on any atom is -0.480 e. The molecule has 5 N–H and O–H groups in total. The molecule has 10 nitrogen and oxygen atoms in total. The molecule has 3 amide bonds. The number of hydrogen-bond donors (Lipinski definition) is 5. The Morgan fingerprint density at radius 2 is 1.86 bits per heavy atom. The van der Waals surface area contributed by atoms with E-state index in [0.29, 0.717) is 32.2 Å². The lowest BCUT2D eigenvalue weighted by atomic mass is 9.98. The predicted octanol–water partition coefficient (Wildman–Crippen LogP) is -1.18. The molecule has 0 aromatic heterocycles. The molecule has 5 atom stereocenters. The van der Waals surface area contributed by atoms with Crippen molar-refractivity contribution in [1.82, 2.24) is 20.9 Å².